The molecule has 0 saturated heterocycles. The van der Waals surface area contributed by atoms with Crippen molar-refractivity contribution in [3.63, 3.8) is 0 Å². The Morgan fingerprint density at radius 2 is 1.67 bits per heavy atom. The third-order valence-corrected chi connectivity index (χ3v) is 2.63. The van der Waals surface area contributed by atoms with E-state index in [1.54, 1.807) is 0 Å². The second kappa shape index (κ2) is 9.81. The number of unbranched alkanes of at least 4 members (excludes halogenated alkanes) is 6. The quantitative estimate of drug-likeness (QED) is 0.569. The highest BCUT2D eigenvalue weighted by Crippen LogP contribution is 2.09. The number of nitrogens with one attached hydrogen (secondary N) is 1. The summed E-state index contributed by atoms with van der Waals surface area (Å²) in [6.07, 6.45) is 10.2. The van der Waals surface area contributed by atoms with E-state index in [1.165, 1.54) is 44.9 Å². The van der Waals surface area contributed by atoms with Crippen molar-refractivity contribution in [2.24, 2.45) is 5.73 Å². The first-order valence-electron chi connectivity index (χ1n) is 6.22. The smallest absolute Gasteiger partial charge is 0.312 e. The predicted molar refractivity (Wildman–Crippen MR) is 64.8 cm³/mol. The summed E-state index contributed by atoms with van der Waals surface area (Å²) in [6, 6.07) is -0.191. The minimum atomic E-state index is -0.412. The molecule has 2 amide bonds. The molecular weight excluding hydrogens is 188 g/mol. The molecule has 0 aliphatic carbocycles. The molecule has 1 atom stereocenters. The molecule has 15 heavy (non-hydrogen) atoms. The van der Waals surface area contributed by atoms with Gasteiger partial charge in [-0.2, -0.15) is 0 Å². The number of carbonyl (C=O) groups is 1. The van der Waals surface area contributed by atoms with Crippen LogP contribution in [0.5, 0.6) is 0 Å². The van der Waals surface area contributed by atoms with Crippen molar-refractivity contribution in [2.45, 2.75) is 71.3 Å². The van der Waals surface area contributed by atoms with Gasteiger partial charge >= 0.3 is 6.03 Å². The molecule has 3 nitrogen and oxygen atoms in total. The summed E-state index contributed by atoms with van der Waals surface area (Å²) in [5, 5.41) is 2.69. The monoisotopic (exact) mass is 214 g/mol. The number of amides is 2. The molecule has 0 heterocycles. The maximum Gasteiger partial charge on any atom is 0.312 e. The second-order valence-corrected chi connectivity index (χ2v) is 4.32. The molecule has 0 rings (SSSR count). The summed E-state index contributed by atoms with van der Waals surface area (Å²) in [5.41, 5.74) is 5.03. The first-order chi connectivity index (χ1) is 7.16. The summed E-state index contributed by atoms with van der Waals surface area (Å²) >= 11 is 0. The first kappa shape index (κ1) is 14.3. The highest BCUT2D eigenvalue weighted by Gasteiger charge is 2.02. The zero-order chi connectivity index (χ0) is 11.5. The lowest BCUT2D eigenvalue weighted by atomic mass is 10.1. The van der Waals surface area contributed by atoms with Crippen LogP contribution >= 0.6 is 0 Å². The van der Waals surface area contributed by atoms with Crippen LogP contribution in [-0.2, 0) is 0 Å². The molecule has 0 aromatic carbocycles. The highest BCUT2D eigenvalue weighted by molar-refractivity contribution is 5.71. The van der Waals surface area contributed by atoms with E-state index in [0.717, 1.165) is 6.42 Å². The number of rotatable bonds is 9. The van der Waals surface area contributed by atoms with Crippen molar-refractivity contribution in [3.8, 4) is 0 Å². The van der Waals surface area contributed by atoms with Gasteiger partial charge in [-0.15, -0.1) is 0 Å². The number of carbonyl (C=O) groups excluding carboxylic acids is 1. The van der Waals surface area contributed by atoms with Crippen molar-refractivity contribution in [3.05, 3.63) is 0 Å². The summed E-state index contributed by atoms with van der Waals surface area (Å²) < 4.78 is 0. The van der Waals surface area contributed by atoms with Gasteiger partial charge in [-0.3, -0.25) is 0 Å². The van der Waals surface area contributed by atoms with Gasteiger partial charge in [0.15, 0.2) is 0 Å². The number of nitrogens with two attached hydrogens (primary N) is 1. The van der Waals surface area contributed by atoms with Gasteiger partial charge in [0.1, 0.15) is 0 Å². The van der Waals surface area contributed by atoms with E-state index in [9.17, 15) is 4.79 Å². The van der Waals surface area contributed by atoms with Crippen LogP contribution in [0.4, 0.5) is 4.79 Å². The molecule has 0 aromatic rings. The fraction of sp³-hybridized carbons (Fsp3) is 0.917. The molecule has 0 aromatic heterocycles. The van der Waals surface area contributed by atoms with Gasteiger partial charge in [0.2, 0.25) is 0 Å². The zero-order valence-corrected chi connectivity index (χ0v) is 10.2. The lowest BCUT2D eigenvalue weighted by Gasteiger charge is -2.11. The molecule has 90 valence electrons. The van der Waals surface area contributed by atoms with Gasteiger partial charge in [0.25, 0.3) is 0 Å². The van der Waals surface area contributed by atoms with Gasteiger partial charge in [-0.1, -0.05) is 51.9 Å². The predicted octanol–water partition coefficient (Wildman–Crippen LogP) is 3.18. The molecule has 0 radical (unpaired) electrons. The first-order valence-corrected chi connectivity index (χ1v) is 6.22. The summed E-state index contributed by atoms with van der Waals surface area (Å²) in [4.78, 5) is 10.5. The Labute approximate surface area is 93.8 Å². The van der Waals surface area contributed by atoms with E-state index in [2.05, 4.69) is 12.2 Å². The van der Waals surface area contributed by atoms with Crippen LogP contribution in [0.25, 0.3) is 0 Å². The molecule has 0 bridgehead atoms. The Hall–Kier alpha value is -0.730. The summed E-state index contributed by atoms with van der Waals surface area (Å²) in [5.74, 6) is 0. The summed E-state index contributed by atoms with van der Waals surface area (Å²) in [7, 11) is 0. The van der Waals surface area contributed by atoms with Crippen LogP contribution in [0, 0.1) is 0 Å². The van der Waals surface area contributed by atoms with Crippen molar-refractivity contribution in [2.75, 3.05) is 0 Å². The SMILES string of the molecule is CCCCCCCCCC(C)NC(N)=O. The third kappa shape index (κ3) is 11.2. The minimum Gasteiger partial charge on any atom is -0.352 e. The molecule has 0 fully saturated rings. The standard InChI is InChI=1S/C12H26N2O/c1-3-4-5-6-7-8-9-10-11(2)14-12(13)15/h11H,3-10H2,1-2H3,(H3,13,14,15). The highest BCUT2D eigenvalue weighted by atomic mass is 16.2. The van der Waals surface area contributed by atoms with Crippen molar-refractivity contribution < 1.29 is 4.79 Å². The van der Waals surface area contributed by atoms with Crippen molar-refractivity contribution >= 4 is 6.03 Å². The Morgan fingerprint density at radius 1 is 1.13 bits per heavy atom. The average molecular weight is 214 g/mol. The average Bonchev–Trinajstić information content (AvgIpc) is 2.15. The van der Waals surface area contributed by atoms with E-state index in [1.807, 2.05) is 6.92 Å². The number of hydrogen-bond acceptors (Lipinski definition) is 1. The van der Waals surface area contributed by atoms with E-state index in [-0.39, 0.29) is 6.04 Å². The van der Waals surface area contributed by atoms with E-state index in [0.29, 0.717) is 0 Å². The molecule has 0 spiro atoms. The minimum absolute atomic E-state index is 0.221. The lowest BCUT2D eigenvalue weighted by molar-refractivity contribution is 0.245. The van der Waals surface area contributed by atoms with Gasteiger partial charge < -0.3 is 11.1 Å². The zero-order valence-electron chi connectivity index (χ0n) is 10.2. The van der Waals surface area contributed by atoms with Crippen LogP contribution in [0.1, 0.15) is 65.2 Å². The Bertz CT molecular complexity index is 160. The Balaban J connectivity index is 3.13. The van der Waals surface area contributed by atoms with Crippen molar-refractivity contribution in [1.82, 2.24) is 5.32 Å². The molecule has 3 heteroatoms. The van der Waals surface area contributed by atoms with Crippen LogP contribution in [-0.4, -0.2) is 12.1 Å². The van der Waals surface area contributed by atoms with Crippen LogP contribution in [0.2, 0.25) is 0 Å². The number of primary amides is 1. The van der Waals surface area contributed by atoms with E-state index < -0.39 is 6.03 Å². The Kier molecular flexibility index (Phi) is 9.33. The summed E-state index contributed by atoms with van der Waals surface area (Å²) in [6.45, 7) is 4.24. The van der Waals surface area contributed by atoms with Crippen molar-refractivity contribution in [1.29, 1.82) is 0 Å². The van der Waals surface area contributed by atoms with Gasteiger partial charge in [0, 0.05) is 6.04 Å². The molecular formula is C12H26N2O. The van der Waals surface area contributed by atoms with E-state index >= 15 is 0 Å². The topological polar surface area (TPSA) is 55.1 Å². The van der Waals surface area contributed by atoms with Crippen LogP contribution in [0.15, 0.2) is 0 Å². The Morgan fingerprint density at radius 3 is 2.20 bits per heavy atom. The molecule has 1 unspecified atom stereocenters. The maximum atomic E-state index is 10.5. The fourth-order valence-electron chi connectivity index (χ4n) is 1.72. The second-order valence-electron chi connectivity index (χ2n) is 4.32. The largest absolute Gasteiger partial charge is 0.352 e. The van der Waals surface area contributed by atoms with Crippen LogP contribution in [0.3, 0.4) is 0 Å². The van der Waals surface area contributed by atoms with Gasteiger partial charge in [-0.25, -0.2) is 4.79 Å². The third-order valence-electron chi connectivity index (χ3n) is 2.63. The fourth-order valence-corrected chi connectivity index (χ4v) is 1.72. The molecule has 0 aliphatic heterocycles. The lowest BCUT2D eigenvalue weighted by Crippen LogP contribution is -2.36. The molecule has 0 aliphatic rings. The number of hydrogen-bond donors (Lipinski definition) is 2. The maximum absolute atomic E-state index is 10.5. The molecule has 0 saturated carbocycles. The van der Waals surface area contributed by atoms with E-state index in [4.69, 9.17) is 5.73 Å². The molecule has 3 N–H and O–H groups in total. The number of urea groups is 1. The van der Waals surface area contributed by atoms with Crippen LogP contribution < -0.4 is 11.1 Å². The normalized spacial score (nSPS) is 12.4. The van der Waals surface area contributed by atoms with Gasteiger partial charge in [-0.05, 0) is 13.3 Å². The van der Waals surface area contributed by atoms with Gasteiger partial charge in [0.05, 0.1) is 0 Å².